The Hall–Kier alpha value is -1.81. The molecule has 3 rings (SSSR count). The van der Waals surface area contributed by atoms with Crippen molar-refractivity contribution in [2.24, 2.45) is 5.73 Å². The van der Waals surface area contributed by atoms with Crippen LogP contribution < -0.4 is 15.8 Å². The van der Waals surface area contributed by atoms with Gasteiger partial charge in [0.25, 0.3) is 0 Å². The van der Waals surface area contributed by atoms with Crippen molar-refractivity contribution in [3.63, 3.8) is 0 Å². The van der Waals surface area contributed by atoms with E-state index in [1.807, 2.05) is 6.07 Å². The topological polar surface area (TPSA) is 60.2 Å². The van der Waals surface area contributed by atoms with E-state index >= 15 is 0 Å². The second-order valence-electron chi connectivity index (χ2n) is 7.52. The van der Waals surface area contributed by atoms with Crippen molar-refractivity contribution >= 4 is 16.6 Å². The van der Waals surface area contributed by atoms with Gasteiger partial charge in [-0.3, -0.25) is 4.98 Å². The number of nitrogens with two attached hydrogens (primary N) is 1. The van der Waals surface area contributed by atoms with Crippen LogP contribution in [0.1, 0.15) is 50.8 Å². The number of benzene rings is 1. The SMILES string of the molecule is COc1ccc2nc3c(c(NCCCC(C)(C)N)c2c1)CCCC3. The molecule has 4 heteroatoms. The Morgan fingerprint density at radius 1 is 1.25 bits per heavy atom. The lowest BCUT2D eigenvalue weighted by Gasteiger charge is -2.23. The Morgan fingerprint density at radius 3 is 2.79 bits per heavy atom. The second-order valence-corrected chi connectivity index (χ2v) is 7.52. The molecule has 1 aliphatic rings. The number of hydrogen-bond acceptors (Lipinski definition) is 4. The third-order valence-corrected chi connectivity index (χ3v) is 4.77. The first-order valence-corrected chi connectivity index (χ1v) is 9.00. The molecule has 0 saturated heterocycles. The van der Waals surface area contributed by atoms with Crippen LogP contribution in [-0.4, -0.2) is 24.2 Å². The predicted molar refractivity (Wildman–Crippen MR) is 101 cm³/mol. The van der Waals surface area contributed by atoms with E-state index in [9.17, 15) is 0 Å². The van der Waals surface area contributed by atoms with Gasteiger partial charge in [-0.25, -0.2) is 0 Å². The third-order valence-electron chi connectivity index (χ3n) is 4.77. The molecule has 1 aliphatic carbocycles. The summed E-state index contributed by atoms with van der Waals surface area (Å²) in [4.78, 5) is 4.90. The van der Waals surface area contributed by atoms with Crippen molar-refractivity contribution in [1.82, 2.24) is 4.98 Å². The smallest absolute Gasteiger partial charge is 0.119 e. The number of rotatable bonds is 6. The molecule has 1 aromatic carbocycles. The van der Waals surface area contributed by atoms with E-state index in [4.69, 9.17) is 15.5 Å². The van der Waals surface area contributed by atoms with E-state index in [0.717, 1.165) is 43.5 Å². The van der Waals surface area contributed by atoms with Gasteiger partial charge in [0.2, 0.25) is 0 Å². The molecule has 3 N–H and O–H groups in total. The van der Waals surface area contributed by atoms with Gasteiger partial charge in [-0.15, -0.1) is 0 Å². The van der Waals surface area contributed by atoms with Gasteiger partial charge >= 0.3 is 0 Å². The summed E-state index contributed by atoms with van der Waals surface area (Å²) in [6, 6.07) is 6.16. The molecule has 130 valence electrons. The largest absolute Gasteiger partial charge is 0.497 e. The van der Waals surface area contributed by atoms with Crippen LogP contribution in [0, 0.1) is 0 Å². The van der Waals surface area contributed by atoms with Gasteiger partial charge in [0.1, 0.15) is 5.75 Å². The van der Waals surface area contributed by atoms with Crippen molar-refractivity contribution in [3.05, 3.63) is 29.5 Å². The van der Waals surface area contributed by atoms with Crippen LogP contribution in [0.3, 0.4) is 0 Å². The summed E-state index contributed by atoms with van der Waals surface area (Å²) in [6.45, 7) is 5.10. The van der Waals surface area contributed by atoms with Crippen molar-refractivity contribution in [2.45, 2.75) is 57.9 Å². The van der Waals surface area contributed by atoms with Crippen molar-refractivity contribution < 1.29 is 4.74 Å². The van der Waals surface area contributed by atoms with Crippen LogP contribution in [0.25, 0.3) is 10.9 Å². The summed E-state index contributed by atoms with van der Waals surface area (Å²) in [5, 5.41) is 4.86. The number of ether oxygens (including phenoxy) is 1. The van der Waals surface area contributed by atoms with Crippen LogP contribution in [-0.2, 0) is 12.8 Å². The lowest BCUT2D eigenvalue weighted by Crippen LogP contribution is -2.32. The number of fused-ring (bicyclic) bond motifs is 2. The molecular weight excluding hydrogens is 298 g/mol. The van der Waals surface area contributed by atoms with Crippen LogP contribution in [0.4, 0.5) is 5.69 Å². The lowest BCUT2D eigenvalue weighted by molar-refractivity contribution is 0.415. The number of pyridine rings is 1. The molecule has 0 spiro atoms. The fourth-order valence-electron chi connectivity index (χ4n) is 3.49. The summed E-state index contributed by atoms with van der Waals surface area (Å²) in [5.41, 5.74) is 11.0. The summed E-state index contributed by atoms with van der Waals surface area (Å²) < 4.78 is 5.42. The van der Waals surface area contributed by atoms with Crippen molar-refractivity contribution in [2.75, 3.05) is 19.0 Å². The zero-order valence-corrected chi connectivity index (χ0v) is 15.1. The van der Waals surface area contributed by atoms with E-state index in [-0.39, 0.29) is 5.54 Å². The number of hydrogen-bond donors (Lipinski definition) is 2. The molecule has 24 heavy (non-hydrogen) atoms. The molecule has 0 unspecified atom stereocenters. The number of aryl methyl sites for hydroxylation is 1. The minimum absolute atomic E-state index is 0.107. The molecule has 0 atom stereocenters. The number of nitrogens with zero attached hydrogens (tertiary/aromatic N) is 1. The molecule has 1 heterocycles. The van der Waals surface area contributed by atoms with E-state index in [1.165, 1.54) is 35.2 Å². The van der Waals surface area contributed by atoms with Crippen LogP contribution in [0.2, 0.25) is 0 Å². The third kappa shape index (κ3) is 3.81. The highest BCUT2D eigenvalue weighted by Crippen LogP contribution is 2.35. The second kappa shape index (κ2) is 6.98. The normalized spacial score (nSPS) is 14.5. The molecule has 0 aliphatic heterocycles. The maximum absolute atomic E-state index is 6.10. The first kappa shape index (κ1) is 17.0. The van der Waals surface area contributed by atoms with E-state index in [2.05, 4.69) is 31.3 Å². The molecule has 0 amide bonds. The monoisotopic (exact) mass is 327 g/mol. The first-order chi connectivity index (χ1) is 11.5. The molecule has 4 nitrogen and oxygen atoms in total. The standard InChI is InChI=1S/C20H29N3O/c1-20(2,21)11-6-12-22-19-15-7-4-5-8-17(15)23-18-10-9-14(24-3)13-16(18)19/h9-10,13H,4-8,11-12,21H2,1-3H3,(H,22,23). The number of aromatic nitrogens is 1. The Bertz CT molecular complexity index is 719. The van der Waals surface area contributed by atoms with Crippen LogP contribution >= 0.6 is 0 Å². The highest BCUT2D eigenvalue weighted by molar-refractivity contribution is 5.94. The average Bonchev–Trinajstić information content (AvgIpc) is 2.56. The minimum atomic E-state index is -0.107. The molecule has 0 bridgehead atoms. The Balaban J connectivity index is 1.92. The highest BCUT2D eigenvalue weighted by atomic mass is 16.5. The Labute approximate surface area is 144 Å². The zero-order chi connectivity index (χ0) is 17.2. The fraction of sp³-hybridized carbons (Fsp3) is 0.550. The maximum atomic E-state index is 6.10. The summed E-state index contributed by atoms with van der Waals surface area (Å²) >= 11 is 0. The summed E-state index contributed by atoms with van der Waals surface area (Å²) in [6.07, 6.45) is 6.75. The number of nitrogens with one attached hydrogen (secondary N) is 1. The molecule has 0 fully saturated rings. The number of anilines is 1. The van der Waals surface area contributed by atoms with Gasteiger partial charge in [-0.05, 0) is 76.1 Å². The zero-order valence-electron chi connectivity index (χ0n) is 15.1. The molecular formula is C20H29N3O. The van der Waals surface area contributed by atoms with Gasteiger partial charge < -0.3 is 15.8 Å². The average molecular weight is 327 g/mol. The summed E-state index contributed by atoms with van der Waals surface area (Å²) in [7, 11) is 1.71. The minimum Gasteiger partial charge on any atom is -0.497 e. The van der Waals surface area contributed by atoms with E-state index in [1.54, 1.807) is 7.11 Å². The molecule has 1 aromatic heterocycles. The van der Waals surface area contributed by atoms with Gasteiger partial charge in [-0.1, -0.05) is 0 Å². The lowest BCUT2D eigenvalue weighted by atomic mass is 9.92. The maximum Gasteiger partial charge on any atom is 0.119 e. The molecule has 0 saturated carbocycles. The predicted octanol–water partition coefficient (Wildman–Crippen LogP) is 4.05. The Morgan fingerprint density at radius 2 is 2.04 bits per heavy atom. The van der Waals surface area contributed by atoms with Crippen molar-refractivity contribution in [1.29, 1.82) is 0 Å². The summed E-state index contributed by atoms with van der Waals surface area (Å²) in [5.74, 6) is 0.881. The van der Waals surface area contributed by atoms with E-state index < -0.39 is 0 Å². The van der Waals surface area contributed by atoms with Gasteiger partial charge in [0.05, 0.1) is 12.6 Å². The van der Waals surface area contributed by atoms with Crippen LogP contribution in [0.5, 0.6) is 5.75 Å². The first-order valence-electron chi connectivity index (χ1n) is 9.00. The van der Waals surface area contributed by atoms with Crippen molar-refractivity contribution in [3.8, 4) is 5.75 Å². The molecule has 0 radical (unpaired) electrons. The Kier molecular flexibility index (Phi) is 4.95. The number of methoxy groups -OCH3 is 1. The van der Waals surface area contributed by atoms with Crippen LogP contribution in [0.15, 0.2) is 18.2 Å². The van der Waals surface area contributed by atoms with Gasteiger partial charge in [0.15, 0.2) is 0 Å². The fourth-order valence-corrected chi connectivity index (χ4v) is 3.49. The van der Waals surface area contributed by atoms with E-state index in [0.29, 0.717) is 0 Å². The molecule has 2 aromatic rings. The van der Waals surface area contributed by atoms with Gasteiger partial charge in [0, 0.05) is 28.9 Å². The highest BCUT2D eigenvalue weighted by Gasteiger charge is 2.18. The quantitative estimate of drug-likeness (QED) is 0.786. The van der Waals surface area contributed by atoms with Gasteiger partial charge in [-0.2, -0.15) is 0 Å².